The molecule has 0 unspecified atom stereocenters. The average molecular weight is 171 g/mol. The van der Waals surface area contributed by atoms with E-state index >= 15 is 0 Å². The quantitative estimate of drug-likeness (QED) is 0.625. The van der Waals surface area contributed by atoms with E-state index in [9.17, 15) is 0 Å². The number of likely N-dealkylation sites (tertiary alicyclic amines) is 1. The standard InChI is InChI=1S/C10H21NO/c1-4-5-12-10-7-11(8-10)6-9(2)3/h9-10H,4-8H2,1-3H3. The Bertz CT molecular complexity index is 119. The second-order valence-corrected chi connectivity index (χ2v) is 4.11. The van der Waals surface area contributed by atoms with Crippen LogP contribution in [0, 0.1) is 5.92 Å². The van der Waals surface area contributed by atoms with Crippen molar-refractivity contribution in [2.45, 2.75) is 33.3 Å². The van der Waals surface area contributed by atoms with E-state index in [1.807, 2.05) is 0 Å². The zero-order chi connectivity index (χ0) is 8.97. The molecule has 0 aliphatic carbocycles. The largest absolute Gasteiger partial charge is 0.376 e. The summed E-state index contributed by atoms with van der Waals surface area (Å²) in [6, 6.07) is 0. The number of rotatable bonds is 5. The van der Waals surface area contributed by atoms with E-state index in [-0.39, 0.29) is 0 Å². The molecule has 0 spiro atoms. The van der Waals surface area contributed by atoms with E-state index in [1.54, 1.807) is 0 Å². The lowest BCUT2D eigenvalue weighted by Gasteiger charge is -2.39. The van der Waals surface area contributed by atoms with Crippen LogP contribution < -0.4 is 0 Å². The molecular weight excluding hydrogens is 150 g/mol. The van der Waals surface area contributed by atoms with Crippen LogP contribution in [0.1, 0.15) is 27.2 Å². The second-order valence-electron chi connectivity index (χ2n) is 4.11. The van der Waals surface area contributed by atoms with Gasteiger partial charge in [-0.2, -0.15) is 0 Å². The third-order valence-electron chi connectivity index (χ3n) is 2.10. The number of hydrogen-bond donors (Lipinski definition) is 0. The van der Waals surface area contributed by atoms with Gasteiger partial charge in [0.2, 0.25) is 0 Å². The summed E-state index contributed by atoms with van der Waals surface area (Å²) in [5.74, 6) is 0.789. The molecule has 0 aromatic heterocycles. The van der Waals surface area contributed by atoms with Crippen molar-refractivity contribution in [3.63, 3.8) is 0 Å². The highest BCUT2D eigenvalue weighted by atomic mass is 16.5. The van der Waals surface area contributed by atoms with Gasteiger partial charge in [-0.15, -0.1) is 0 Å². The van der Waals surface area contributed by atoms with Gasteiger partial charge >= 0.3 is 0 Å². The smallest absolute Gasteiger partial charge is 0.0828 e. The van der Waals surface area contributed by atoms with Crippen molar-refractivity contribution in [3.05, 3.63) is 0 Å². The Labute approximate surface area is 75.9 Å². The Hall–Kier alpha value is -0.0800. The molecule has 0 N–H and O–H groups in total. The zero-order valence-corrected chi connectivity index (χ0v) is 8.55. The van der Waals surface area contributed by atoms with Crippen molar-refractivity contribution < 1.29 is 4.74 Å². The molecule has 0 atom stereocenters. The van der Waals surface area contributed by atoms with Gasteiger partial charge in [-0.25, -0.2) is 0 Å². The summed E-state index contributed by atoms with van der Waals surface area (Å²) in [7, 11) is 0. The highest BCUT2D eigenvalue weighted by Gasteiger charge is 2.26. The van der Waals surface area contributed by atoms with Crippen molar-refractivity contribution in [1.82, 2.24) is 4.90 Å². The summed E-state index contributed by atoms with van der Waals surface area (Å²) in [4.78, 5) is 2.46. The minimum absolute atomic E-state index is 0.531. The fraction of sp³-hybridized carbons (Fsp3) is 1.00. The Kier molecular flexibility index (Phi) is 4.02. The molecule has 0 bridgehead atoms. The van der Waals surface area contributed by atoms with Gasteiger partial charge < -0.3 is 4.74 Å². The fourth-order valence-electron chi connectivity index (χ4n) is 1.58. The first-order valence-electron chi connectivity index (χ1n) is 5.06. The Morgan fingerprint density at radius 3 is 2.58 bits per heavy atom. The minimum Gasteiger partial charge on any atom is -0.376 e. The summed E-state index contributed by atoms with van der Waals surface area (Å²) in [5, 5.41) is 0. The SMILES string of the molecule is CCCOC1CN(CC(C)C)C1. The number of nitrogens with zero attached hydrogens (tertiary/aromatic N) is 1. The van der Waals surface area contributed by atoms with E-state index in [4.69, 9.17) is 4.74 Å². The van der Waals surface area contributed by atoms with Gasteiger partial charge in [-0.1, -0.05) is 20.8 Å². The first-order valence-corrected chi connectivity index (χ1v) is 5.06. The molecule has 1 aliphatic rings. The first-order chi connectivity index (χ1) is 5.72. The van der Waals surface area contributed by atoms with Gasteiger partial charge in [0.05, 0.1) is 6.10 Å². The summed E-state index contributed by atoms with van der Waals surface area (Å²) in [6.45, 7) is 11.1. The van der Waals surface area contributed by atoms with Gasteiger partial charge in [0, 0.05) is 26.2 Å². The summed E-state index contributed by atoms with van der Waals surface area (Å²) in [5.41, 5.74) is 0. The second kappa shape index (κ2) is 4.83. The van der Waals surface area contributed by atoms with Crippen molar-refractivity contribution in [3.8, 4) is 0 Å². The van der Waals surface area contributed by atoms with Crippen LogP contribution in [0.5, 0.6) is 0 Å². The van der Waals surface area contributed by atoms with Crippen LogP contribution in [0.15, 0.2) is 0 Å². The zero-order valence-electron chi connectivity index (χ0n) is 8.55. The topological polar surface area (TPSA) is 12.5 Å². The van der Waals surface area contributed by atoms with Crippen molar-refractivity contribution >= 4 is 0 Å². The molecule has 72 valence electrons. The lowest BCUT2D eigenvalue weighted by atomic mass is 10.1. The average Bonchev–Trinajstić information content (AvgIpc) is 1.93. The molecule has 0 saturated carbocycles. The molecule has 1 heterocycles. The molecule has 2 nitrogen and oxygen atoms in total. The van der Waals surface area contributed by atoms with Crippen molar-refractivity contribution in [2.24, 2.45) is 5.92 Å². The monoisotopic (exact) mass is 171 g/mol. The number of ether oxygens (including phenoxy) is 1. The van der Waals surface area contributed by atoms with Crippen LogP contribution in [0.4, 0.5) is 0 Å². The highest BCUT2D eigenvalue weighted by molar-refractivity contribution is 4.80. The summed E-state index contributed by atoms with van der Waals surface area (Å²) < 4.78 is 5.60. The fourth-order valence-corrected chi connectivity index (χ4v) is 1.58. The minimum atomic E-state index is 0.531. The van der Waals surface area contributed by atoms with Crippen LogP contribution in [0.2, 0.25) is 0 Å². The van der Waals surface area contributed by atoms with Crippen LogP contribution in [-0.2, 0) is 4.74 Å². The Morgan fingerprint density at radius 2 is 2.08 bits per heavy atom. The van der Waals surface area contributed by atoms with Gasteiger partial charge in [0.1, 0.15) is 0 Å². The van der Waals surface area contributed by atoms with Crippen molar-refractivity contribution in [2.75, 3.05) is 26.2 Å². The van der Waals surface area contributed by atoms with E-state index in [0.717, 1.165) is 32.0 Å². The molecule has 1 aliphatic heterocycles. The maximum Gasteiger partial charge on any atom is 0.0828 e. The van der Waals surface area contributed by atoms with E-state index in [0.29, 0.717) is 6.10 Å². The van der Waals surface area contributed by atoms with E-state index < -0.39 is 0 Å². The molecule has 0 aromatic carbocycles. The molecule has 0 amide bonds. The lowest BCUT2D eigenvalue weighted by molar-refractivity contribution is -0.0575. The summed E-state index contributed by atoms with van der Waals surface area (Å²) >= 11 is 0. The van der Waals surface area contributed by atoms with Gasteiger partial charge in [0.15, 0.2) is 0 Å². The van der Waals surface area contributed by atoms with Crippen LogP contribution >= 0.6 is 0 Å². The normalized spacial score (nSPS) is 20.0. The lowest BCUT2D eigenvalue weighted by Crippen LogP contribution is -2.53. The molecule has 0 radical (unpaired) electrons. The molecule has 1 rings (SSSR count). The van der Waals surface area contributed by atoms with Gasteiger partial charge in [-0.05, 0) is 12.3 Å². The van der Waals surface area contributed by atoms with Crippen LogP contribution in [-0.4, -0.2) is 37.2 Å². The van der Waals surface area contributed by atoms with Gasteiger partial charge in [-0.3, -0.25) is 4.90 Å². The Morgan fingerprint density at radius 1 is 1.42 bits per heavy atom. The molecule has 12 heavy (non-hydrogen) atoms. The molecule has 2 heteroatoms. The number of hydrogen-bond acceptors (Lipinski definition) is 2. The molecule has 1 saturated heterocycles. The Balaban J connectivity index is 1.96. The molecule has 0 aromatic rings. The van der Waals surface area contributed by atoms with Crippen LogP contribution in [0.25, 0.3) is 0 Å². The first kappa shape index (κ1) is 10.0. The third kappa shape index (κ3) is 3.11. The molecule has 1 fully saturated rings. The maximum atomic E-state index is 5.60. The predicted molar refractivity (Wildman–Crippen MR) is 51.3 cm³/mol. The maximum absolute atomic E-state index is 5.60. The molecular formula is C10H21NO. The van der Waals surface area contributed by atoms with Crippen LogP contribution in [0.3, 0.4) is 0 Å². The summed E-state index contributed by atoms with van der Waals surface area (Å²) in [6.07, 6.45) is 1.67. The van der Waals surface area contributed by atoms with E-state index in [1.165, 1.54) is 6.54 Å². The van der Waals surface area contributed by atoms with E-state index in [2.05, 4.69) is 25.7 Å². The third-order valence-corrected chi connectivity index (χ3v) is 2.10. The predicted octanol–water partition coefficient (Wildman–Crippen LogP) is 1.75. The highest BCUT2D eigenvalue weighted by Crippen LogP contribution is 2.13. The van der Waals surface area contributed by atoms with Gasteiger partial charge in [0.25, 0.3) is 0 Å². The van der Waals surface area contributed by atoms with Crippen molar-refractivity contribution in [1.29, 1.82) is 0 Å².